The lowest BCUT2D eigenvalue weighted by atomic mass is 10.1. The zero-order chi connectivity index (χ0) is 15.5. The van der Waals surface area contributed by atoms with Crippen LogP contribution in [0.25, 0.3) is 16.9 Å². The molecule has 0 fully saturated rings. The number of carboxylic acids is 1. The summed E-state index contributed by atoms with van der Waals surface area (Å²) in [5, 5.41) is 18.3. The van der Waals surface area contributed by atoms with Crippen molar-refractivity contribution in [1.29, 1.82) is 5.26 Å². The number of carbonyl (C=O) groups is 1. The summed E-state index contributed by atoms with van der Waals surface area (Å²) in [7, 11) is 0. The minimum atomic E-state index is -1.02. The Morgan fingerprint density at radius 3 is 2.82 bits per heavy atom. The van der Waals surface area contributed by atoms with Crippen LogP contribution < -0.4 is 0 Å². The third-order valence-electron chi connectivity index (χ3n) is 3.18. The monoisotopic (exact) mass is 290 g/mol. The molecule has 1 N–H and O–H groups in total. The quantitative estimate of drug-likeness (QED) is 0.800. The number of nitrogens with zero attached hydrogens (tertiary/aromatic N) is 4. The predicted octanol–water partition coefficient (Wildman–Crippen LogP) is 2.50. The largest absolute Gasteiger partial charge is 0.478 e. The minimum Gasteiger partial charge on any atom is -0.478 e. The first-order valence-electron chi connectivity index (χ1n) is 6.41. The number of aromatic carboxylic acids is 1. The maximum absolute atomic E-state index is 11.0. The Kier molecular flexibility index (Phi) is 3.38. The molecule has 0 radical (unpaired) electrons. The van der Waals surface area contributed by atoms with E-state index in [4.69, 9.17) is 5.11 Å². The number of aromatic nitrogens is 3. The van der Waals surface area contributed by atoms with Gasteiger partial charge in [-0.2, -0.15) is 5.26 Å². The van der Waals surface area contributed by atoms with Crippen LogP contribution in [0.15, 0.2) is 55.2 Å². The van der Waals surface area contributed by atoms with Crippen LogP contribution in [0.3, 0.4) is 0 Å². The van der Waals surface area contributed by atoms with E-state index in [0.29, 0.717) is 11.4 Å². The lowest BCUT2D eigenvalue weighted by molar-refractivity contribution is 0.0696. The van der Waals surface area contributed by atoms with Crippen LogP contribution >= 0.6 is 0 Å². The van der Waals surface area contributed by atoms with Crippen LogP contribution in [0.1, 0.15) is 15.9 Å². The Bertz CT molecular complexity index is 879. The Morgan fingerprint density at radius 1 is 1.27 bits per heavy atom. The van der Waals surface area contributed by atoms with Crippen molar-refractivity contribution >= 4 is 5.97 Å². The van der Waals surface area contributed by atoms with Crippen molar-refractivity contribution in [2.45, 2.75) is 0 Å². The zero-order valence-corrected chi connectivity index (χ0v) is 11.3. The van der Waals surface area contributed by atoms with E-state index in [1.165, 1.54) is 18.3 Å². The third-order valence-corrected chi connectivity index (χ3v) is 3.18. The average molecular weight is 290 g/mol. The van der Waals surface area contributed by atoms with Gasteiger partial charge in [0.15, 0.2) is 0 Å². The predicted molar refractivity (Wildman–Crippen MR) is 78.5 cm³/mol. The van der Waals surface area contributed by atoms with Gasteiger partial charge in [-0.1, -0.05) is 6.07 Å². The lowest BCUT2D eigenvalue weighted by Crippen LogP contribution is -2.00. The summed E-state index contributed by atoms with van der Waals surface area (Å²) in [4.78, 5) is 19.2. The molecule has 22 heavy (non-hydrogen) atoms. The van der Waals surface area contributed by atoms with E-state index in [1.807, 2.05) is 6.07 Å². The molecule has 0 aliphatic heterocycles. The van der Waals surface area contributed by atoms with Crippen molar-refractivity contribution in [1.82, 2.24) is 14.5 Å². The Balaban J connectivity index is 2.11. The van der Waals surface area contributed by atoms with E-state index < -0.39 is 5.97 Å². The minimum absolute atomic E-state index is 0.139. The fraction of sp³-hybridized carbons (Fsp3) is 0. The highest BCUT2D eigenvalue weighted by Crippen LogP contribution is 2.25. The lowest BCUT2D eigenvalue weighted by Gasteiger charge is -2.02. The van der Waals surface area contributed by atoms with Gasteiger partial charge in [0.2, 0.25) is 0 Å². The van der Waals surface area contributed by atoms with Crippen molar-refractivity contribution in [3.05, 3.63) is 66.4 Å². The normalized spacial score (nSPS) is 10.1. The first kappa shape index (κ1) is 13.5. The molecule has 0 unspecified atom stereocenters. The number of hydrogen-bond acceptors (Lipinski definition) is 4. The molecule has 3 aromatic heterocycles. The van der Waals surface area contributed by atoms with E-state index in [-0.39, 0.29) is 5.56 Å². The smallest absolute Gasteiger partial charge is 0.335 e. The summed E-state index contributed by atoms with van der Waals surface area (Å²) < 4.78 is 1.63. The maximum atomic E-state index is 11.0. The molecule has 0 aliphatic rings. The average Bonchev–Trinajstić information content (AvgIpc) is 3.00. The molecule has 0 spiro atoms. The summed E-state index contributed by atoms with van der Waals surface area (Å²) in [6.45, 7) is 0. The Hall–Kier alpha value is -3.46. The van der Waals surface area contributed by atoms with E-state index in [9.17, 15) is 10.1 Å². The highest BCUT2D eigenvalue weighted by molar-refractivity contribution is 5.88. The molecule has 106 valence electrons. The SMILES string of the molecule is N#Cc1cn(-c2cc(C(=O)O)ccn2)cc1-c1cccnc1. The number of hydrogen-bond donors (Lipinski definition) is 1. The molecule has 0 amide bonds. The van der Waals surface area contributed by atoms with Crippen molar-refractivity contribution in [3.63, 3.8) is 0 Å². The van der Waals surface area contributed by atoms with E-state index in [2.05, 4.69) is 16.0 Å². The summed E-state index contributed by atoms with van der Waals surface area (Å²) in [6.07, 6.45) is 8.11. The van der Waals surface area contributed by atoms with Gasteiger partial charge in [0.25, 0.3) is 0 Å². The molecule has 3 heterocycles. The summed E-state index contributed by atoms with van der Waals surface area (Å²) in [5.74, 6) is -0.588. The molecule has 3 aromatic rings. The number of pyridine rings is 2. The first-order valence-corrected chi connectivity index (χ1v) is 6.41. The van der Waals surface area contributed by atoms with Crippen molar-refractivity contribution < 1.29 is 9.90 Å². The first-order chi connectivity index (χ1) is 10.7. The van der Waals surface area contributed by atoms with E-state index in [0.717, 1.165) is 11.1 Å². The van der Waals surface area contributed by atoms with Crippen LogP contribution in [0, 0.1) is 11.3 Å². The highest BCUT2D eigenvalue weighted by Gasteiger charge is 2.12. The molecule has 3 rings (SSSR count). The van der Waals surface area contributed by atoms with Gasteiger partial charge in [0.05, 0.1) is 11.1 Å². The Morgan fingerprint density at radius 2 is 2.14 bits per heavy atom. The van der Waals surface area contributed by atoms with Gasteiger partial charge in [0, 0.05) is 42.1 Å². The molecule has 0 aromatic carbocycles. The summed E-state index contributed by atoms with van der Waals surface area (Å²) in [5.41, 5.74) is 2.14. The van der Waals surface area contributed by atoms with Crippen LogP contribution in [-0.4, -0.2) is 25.6 Å². The van der Waals surface area contributed by atoms with Crippen LogP contribution in [0.2, 0.25) is 0 Å². The molecule has 0 saturated heterocycles. The molecule has 0 saturated carbocycles. The van der Waals surface area contributed by atoms with Crippen molar-refractivity contribution in [3.8, 4) is 23.0 Å². The van der Waals surface area contributed by atoms with Gasteiger partial charge in [-0.05, 0) is 18.2 Å². The molecular formula is C16H10N4O2. The second-order valence-corrected chi connectivity index (χ2v) is 4.55. The molecule has 6 nitrogen and oxygen atoms in total. The van der Waals surface area contributed by atoms with Gasteiger partial charge >= 0.3 is 5.97 Å². The van der Waals surface area contributed by atoms with Gasteiger partial charge in [-0.3, -0.25) is 4.98 Å². The van der Waals surface area contributed by atoms with Crippen LogP contribution in [0.4, 0.5) is 0 Å². The van der Waals surface area contributed by atoms with Gasteiger partial charge in [-0.25, -0.2) is 9.78 Å². The fourth-order valence-electron chi connectivity index (χ4n) is 2.12. The summed E-state index contributed by atoms with van der Waals surface area (Å²) in [6, 6.07) is 8.65. The third kappa shape index (κ3) is 2.43. The second-order valence-electron chi connectivity index (χ2n) is 4.55. The molecule has 0 bridgehead atoms. The molecular weight excluding hydrogens is 280 g/mol. The molecule has 0 atom stereocenters. The topological polar surface area (TPSA) is 91.8 Å². The standard InChI is InChI=1S/C16H10N4O2/c17-7-13-9-20(10-14(13)12-2-1-4-18-8-12)15-6-11(16(21)22)3-5-19-15/h1-6,8-10H,(H,21,22). The van der Waals surface area contributed by atoms with Crippen LogP contribution in [0.5, 0.6) is 0 Å². The maximum Gasteiger partial charge on any atom is 0.335 e. The van der Waals surface area contributed by atoms with Gasteiger partial charge < -0.3 is 9.67 Å². The van der Waals surface area contributed by atoms with Crippen molar-refractivity contribution in [2.75, 3.05) is 0 Å². The number of carboxylic acid groups (broad SMARTS) is 1. The number of rotatable bonds is 3. The summed E-state index contributed by atoms with van der Waals surface area (Å²) >= 11 is 0. The molecule has 0 aliphatic carbocycles. The number of nitriles is 1. The van der Waals surface area contributed by atoms with E-state index in [1.54, 1.807) is 35.4 Å². The highest BCUT2D eigenvalue weighted by atomic mass is 16.4. The van der Waals surface area contributed by atoms with Crippen molar-refractivity contribution in [2.24, 2.45) is 0 Å². The fourth-order valence-corrected chi connectivity index (χ4v) is 2.12. The molecule has 6 heteroatoms. The van der Waals surface area contributed by atoms with Gasteiger partial charge in [0.1, 0.15) is 11.9 Å². The van der Waals surface area contributed by atoms with E-state index >= 15 is 0 Å². The zero-order valence-electron chi connectivity index (χ0n) is 11.3. The second kappa shape index (κ2) is 5.50. The van der Waals surface area contributed by atoms with Gasteiger partial charge in [-0.15, -0.1) is 0 Å². The Labute approximate surface area is 125 Å². The van der Waals surface area contributed by atoms with Crippen LogP contribution in [-0.2, 0) is 0 Å².